The quantitative estimate of drug-likeness (QED) is 0.875. The number of carbonyl (C=O) groups is 1. The van der Waals surface area contributed by atoms with Crippen LogP contribution in [0.3, 0.4) is 0 Å². The molecule has 3 heteroatoms. The molecule has 0 bridgehead atoms. The van der Waals surface area contributed by atoms with Crippen LogP contribution in [0.15, 0.2) is 24.3 Å². The molecule has 0 spiro atoms. The summed E-state index contributed by atoms with van der Waals surface area (Å²) in [6.45, 7) is 8.00. The van der Waals surface area contributed by atoms with Gasteiger partial charge in [-0.05, 0) is 57.6 Å². The smallest absolute Gasteiger partial charge is 0.223 e. The van der Waals surface area contributed by atoms with E-state index in [0.29, 0.717) is 0 Å². The Morgan fingerprint density at radius 3 is 2.24 bits per heavy atom. The van der Waals surface area contributed by atoms with Gasteiger partial charge in [-0.1, -0.05) is 31.2 Å². The van der Waals surface area contributed by atoms with Gasteiger partial charge in [-0.15, -0.1) is 0 Å². The Bertz CT molecular complexity index is 495. The molecule has 0 aliphatic heterocycles. The summed E-state index contributed by atoms with van der Waals surface area (Å²) in [5.74, 6) is 0.102. The number of hydrogen-bond acceptors (Lipinski definition) is 2. The fraction of sp³-hybridized carbons (Fsp3) is 0.611. The molecule has 2 rings (SSSR count). The van der Waals surface area contributed by atoms with Crippen molar-refractivity contribution in [2.24, 2.45) is 11.7 Å². The Labute approximate surface area is 128 Å². The molecular formula is C18H28N2O. The van der Waals surface area contributed by atoms with Gasteiger partial charge >= 0.3 is 0 Å². The first-order valence-corrected chi connectivity index (χ1v) is 7.86. The normalized spacial score (nSPS) is 18.1. The van der Waals surface area contributed by atoms with Crippen LogP contribution >= 0.6 is 0 Å². The zero-order chi connectivity index (χ0) is 15.7. The molecule has 1 fully saturated rings. The van der Waals surface area contributed by atoms with Crippen molar-refractivity contribution < 1.29 is 4.79 Å². The van der Waals surface area contributed by atoms with Gasteiger partial charge in [0, 0.05) is 17.0 Å². The van der Waals surface area contributed by atoms with Crippen molar-refractivity contribution in [2.45, 2.75) is 64.5 Å². The monoisotopic (exact) mass is 288 g/mol. The first-order valence-electron chi connectivity index (χ1n) is 7.86. The largest absolute Gasteiger partial charge is 0.351 e. The van der Waals surface area contributed by atoms with Crippen LogP contribution in [0.2, 0.25) is 0 Å². The standard InChI is InChI=1S/C18H28N2O/c1-13(16(21)20-17(2,3)4)11-14-5-7-15(8-6-14)12-18(19)9-10-18/h5-8,13H,9-12,19H2,1-4H3,(H,20,21). The average Bonchev–Trinajstić information content (AvgIpc) is 3.07. The summed E-state index contributed by atoms with van der Waals surface area (Å²) in [5, 5.41) is 3.03. The zero-order valence-electron chi connectivity index (χ0n) is 13.7. The van der Waals surface area contributed by atoms with E-state index in [1.54, 1.807) is 0 Å². The van der Waals surface area contributed by atoms with Crippen LogP contribution in [0, 0.1) is 5.92 Å². The molecule has 3 N–H and O–H groups in total. The van der Waals surface area contributed by atoms with E-state index in [1.807, 2.05) is 27.7 Å². The maximum absolute atomic E-state index is 12.1. The fourth-order valence-corrected chi connectivity index (χ4v) is 2.48. The molecular weight excluding hydrogens is 260 g/mol. The second-order valence-electron chi connectivity index (χ2n) is 7.70. The Kier molecular flexibility index (Phi) is 4.43. The van der Waals surface area contributed by atoms with Crippen molar-refractivity contribution in [3.63, 3.8) is 0 Å². The van der Waals surface area contributed by atoms with Crippen molar-refractivity contribution in [3.8, 4) is 0 Å². The summed E-state index contributed by atoms with van der Waals surface area (Å²) in [6.07, 6.45) is 4.01. The van der Waals surface area contributed by atoms with Crippen molar-refractivity contribution in [3.05, 3.63) is 35.4 Å². The van der Waals surface area contributed by atoms with Gasteiger partial charge in [0.2, 0.25) is 5.91 Å². The van der Waals surface area contributed by atoms with Crippen molar-refractivity contribution in [1.29, 1.82) is 0 Å². The van der Waals surface area contributed by atoms with E-state index < -0.39 is 0 Å². The highest BCUT2D eigenvalue weighted by Crippen LogP contribution is 2.35. The van der Waals surface area contributed by atoms with Gasteiger partial charge in [0.1, 0.15) is 0 Å². The van der Waals surface area contributed by atoms with Gasteiger partial charge in [0.05, 0.1) is 0 Å². The van der Waals surface area contributed by atoms with Crippen molar-refractivity contribution in [2.75, 3.05) is 0 Å². The molecule has 0 radical (unpaired) electrons. The molecule has 3 nitrogen and oxygen atoms in total. The van der Waals surface area contributed by atoms with Crippen LogP contribution in [-0.2, 0) is 17.6 Å². The molecule has 0 saturated heterocycles. The van der Waals surface area contributed by atoms with Gasteiger partial charge in [-0.25, -0.2) is 0 Å². The lowest BCUT2D eigenvalue weighted by Gasteiger charge is -2.23. The van der Waals surface area contributed by atoms with Crippen LogP contribution in [0.1, 0.15) is 51.7 Å². The maximum atomic E-state index is 12.1. The minimum absolute atomic E-state index is 0.0145. The predicted octanol–water partition coefficient (Wildman–Crippen LogP) is 2.81. The minimum atomic E-state index is -0.172. The van der Waals surface area contributed by atoms with E-state index in [4.69, 9.17) is 5.73 Å². The van der Waals surface area contributed by atoms with Gasteiger partial charge in [0.15, 0.2) is 0 Å². The molecule has 0 heterocycles. The summed E-state index contributed by atoms with van der Waals surface area (Å²) in [7, 11) is 0. The highest BCUT2D eigenvalue weighted by atomic mass is 16.2. The molecule has 1 aliphatic carbocycles. The molecule has 21 heavy (non-hydrogen) atoms. The fourth-order valence-electron chi connectivity index (χ4n) is 2.48. The minimum Gasteiger partial charge on any atom is -0.351 e. The number of nitrogens with one attached hydrogen (secondary N) is 1. The summed E-state index contributed by atoms with van der Waals surface area (Å²) < 4.78 is 0. The summed E-state index contributed by atoms with van der Waals surface area (Å²) in [5.41, 5.74) is 8.53. The highest BCUT2D eigenvalue weighted by molar-refractivity contribution is 5.79. The Hall–Kier alpha value is -1.35. The predicted molar refractivity (Wildman–Crippen MR) is 87.1 cm³/mol. The number of amides is 1. The number of carbonyl (C=O) groups excluding carboxylic acids is 1. The molecule has 0 aromatic heterocycles. The average molecular weight is 288 g/mol. The lowest BCUT2D eigenvalue weighted by molar-refractivity contribution is -0.125. The Morgan fingerprint density at radius 2 is 1.76 bits per heavy atom. The third-order valence-corrected chi connectivity index (χ3v) is 3.96. The van der Waals surface area contributed by atoms with E-state index in [0.717, 1.165) is 25.7 Å². The molecule has 1 unspecified atom stereocenters. The lowest BCUT2D eigenvalue weighted by Crippen LogP contribution is -2.43. The van der Waals surface area contributed by atoms with E-state index in [-0.39, 0.29) is 22.9 Å². The second kappa shape index (κ2) is 5.80. The van der Waals surface area contributed by atoms with Crippen LogP contribution < -0.4 is 11.1 Å². The summed E-state index contributed by atoms with van der Waals surface area (Å²) in [4.78, 5) is 12.1. The summed E-state index contributed by atoms with van der Waals surface area (Å²) in [6, 6.07) is 8.55. The van der Waals surface area contributed by atoms with E-state index in [1.165, 1.54) is 11.1 Å². The first kappa shape index (κ1) is 16.0. The molecule has 116 valence electrons. The van der Waals surface area contributed by atoms with Crippen molar-refractivity contribution >= 4 is 5.91 Å². The summed E-state index contributed by atoms with van der Waals surface area (Å²) >= 11 is 0. The third kappa shape index (κ3) is 5.16. The van der Waals surface area contributed by atoms with Gasteiger partial charge < -0.3 is 11.1 Å². The number of rotatable bonds is 5. The third-order valence-electron chi connectivity index (χ3n) is 3.96. The second-order valence-corrected chi connectivity index (χ2v) is 7.70. The highest BCUT2D eigenvalue weighted by Gasteiger charge is 2.37. The molecule has 1 aromatic carbocycles. The van der Waals surface area contributed by atoms with Gasteiger partial charge in [-0.3, -0.25) is 4.79 Å². The molecule has 1 atom stereocenters. The topological polar surface area (TPSA) is 55.1 Å². The zero-order valence-corrected chi connectivity index (χ0v) is 13.7. The van der Waals surface area contributed by atoms with E-state index in [2.05, 4.69) is 29.6 Å². The van der Waals surface area contributed by atoms with Crippen molar-refractivity contribution in [1.82, 2.24) is 5.32 Å². The molecule has 1 aromatic rings. The molecule has 1 amide bonds. The Morgan fingerprint density at radius 1 is 1.24 bits per heavy atom. The van der Waals surface area contributed by atoms with E-state index >= 15 is 0 Å². The number of nitrogens with two attached hydrogens (primary N) is 1. The van der Waals surface area contributed by atoms with Crippen LogP contribution in [0.5, 0.6) is 0 Å². The van der Waals surface area contributed by atoms with Crippen LogP contribution in [0.4, 0.5) is 0 Å². The lowest BCUT2D eigenvalue weighted by atomic mass is 9.96. The number of hydrogen-bond donors (Lipinski definition) is 2. The van der Waals surface area contributed by atoms with Gasteiger partial charge in [-0.2, -0.15) is 0 Å². The molecule has 1 aliphatic rings. The first-order chi connectivity index (χ1) is 9.67. The van der Waals surface area contributed by atoms with Crippen LogP contribution in [-0.4, -0.2) is 17.0 Å². The Balaban J connectivity index is 1.89. The van der Waals surface area contributed by atoms with Crippen LogP contribution in [0.25, 0.3) is 0 Å². The van der Waals surface area contributed by atoms with Gasteiger partial charge in [0.25, 0.3) is 0 Å². The maximum Gasteiger partial charge on any atom is 0.223 e. The SMILES string of the molecule is CC(Cc1ccc(CC2(N)CC2)cc1)C(=O)NC(C)(C)C. The number of benzene rings is 1. The van der Waals surface area contributed by atoms with E-state index in [9.17, 15) is 4.79 Å². The molecule has 1 saturated carbocycles.